The summed E-state index contributed by atoms with van der Waals surface area (Å²) in [5, 5.41) is 6.33. The molecule has 0 aliphatic rings. The quantitative estimate of drug-likeness (QED) is 0.173. The number of hydrogen-bond donors (Lipinski definition) is 0. The van der Waals surface area contributed by atoms with Crippen LogP contribution in [0.25, 0.3) is 43.6 Å². The van der Waals surface area contributed by atoms with Gasteiger partial charge in [0.15, 0.2) is 12.8 Å². The van der Waals surface area contributed by atoms with Crippen LogP contribution in [0.3, 0.4) is 0 Å². The molecule has 0 saturated heterocycles. The summed E-state index contributed by atoms with van der Waals surface area (Å²) in [6.45, 7) is 0. The van der Waals surface area contributed by atoms with Gasteiger partial charge in [0.25, 0.3) is 0 Å². The Morgan fingerprint density at radius 1 is 0.528 bits per heavy atom. The van der Waals surface area contributed by atoms with E-state index in [2.05, 4.69) is 29.2 Å². The predicted octanol–water partition coefficient (Wildman–Crippen LogP) is 6.12. The van der Waals surface area contributed by atoms with E-state index in [1.165, 1.54) is 0 Å². The standard InChI is InChI=1S/C31H20N3OP/c35-36(23-11-3-1-4-12-23,24-13-5-2-6-14-24)31-26-16-8-7-15-25(26)27-20-22-18-17-21-10-9-19-32-28(21)29(22)33-30(27)34-31/h1-20H. The summed E-state index contributed by atoms with van der Waals surface area (Å²) in [6.07, 6.45) is 1.78. The minimum atomic E-state index is -3.30. The molecule has 0 N–H and O–H groups in total. The van der Waals surface area contributed by atoms with E-state index in [9.17, 15) is 0 Å². The van der Waals surface area contributed by atoms with Crippen molar-refractivity contribution < 1.29 is 4.57 Å². The van der Waals surface area contributed by atoms with E-state index in [-0.39, 0.29) is 0 Å². The van der Waals surface area contributed by atoms with Crippen LogP contribution < -0.4 is 16.0 Å². The lowest BCUT2D eigenvalue weighted by atomic mass is 10.1. The van der Waals surface area contributed by atoms with Crippen LogP contribution in [0.4, 0.5) is 0 Å². The van der Waals surface area contributed by atoms with Crippen LogP contribution in [0.2, 0.25) is 0 Å². The largest absolute Gasteiger partial charge is 0.307 e. The molecule has 0 radical (unpaired) electrons. The van der Waals surface area contributed by atoms with E-state index in [0.717, 1.165) is 48.6 Å². The summed E-state index contributed by atoms with van der Waals surface area (Å²) in [5.74, 6) is 0. The van der Waals surface area contributed by atoms with E-state index >= 15 is 4.57 Å². The molecule has 0 atom stereocenters. The maximum atomic E-state index is 15.2. The molecule has 0 fully saturated rings. The average molecular weight is 481 g/mol. The number of hydrogen-bond acceptors (Lipinski definition) is 4. The Hall–Kier alpha value is -4.40. The summed E-state index contributed by atoms with van der Waals surface area (Å²) in [7, 11) is -3.30. The van der Waals surface area contributed by atoms with Gasteiger partial charge in [0.05, 0.1) is 11.0 Å². The number of rotatable bonds is 3. The van der Waals surface area contributed by atoms with Crippen LogP contribution in [-0.4, -0.2) is 15.0 Å². The van der Waals surface area contributed by atoms with Crippen molar-refractivity contribution in [1.82, 2.24) is 15.0 Å². The fourth-order valence-corrected chi connectivity index (χ4v) is 7.77. The summed E-state index contributed by atoms with van der Waals surface area (Å²) in [4.78, 5) is 14.7. The molecular weight excluding hydrogens is 461 g/mol. The molecule has 7 rings (SSSR count). The first-order chi connectivity index (χ1) is 17.7. The molecule has 0 bridgehead atoms. The van der Waals surface area contributed by atoms with Crippen molar-refractivity contribution in [2.45, 2.75) is 0 Å². The van der Waals surface area contributed by atoms with E-state index in [1.807, 2.05) is 91.0 Å². The molecule has 170 valence electrons. The normalized spacial score (nSPS) is 12.0. The van der Waals surface area contributed by atoms with Crippen LogP contribution in [-0.2, 0) is 4.57 Å². The highest BCUT2D eigenvalue weighted by atomic mass is 31.2. The minimum Gasteiger partial charge on any atom is -0.307 e. The van der Waals surface area contributed by atoms with E-state index in [4.69, 9.17) is 9.97 Å². The highest BCUT2D eigenvalue weighted by Gasteiger charge is 2.33. The third-order valence-corrected chi connectivity index (χ3v) is 9.73. The van der Waals surface area contributed by atoms with Crippen molar-refractivity contribution in [1.29, 1.82) is 0 Å². The second-order valence-corrected chi connectivity index (χ2v) is 11.5. The zero-order valence-corrected chi connectivity index (χ0v) is 20.1. The molecule has 4 nitrogen and oxygen atoms in total. The van der Waals surface area contributed by atoms with Crippen LogP contribution >= 0.6 is 7.14 Å². The smallest absolute Gasteiger partial charge is 0.189 e. The van der Waals surface area contributed by atoms with Crippen molar-refractivity contribution in [2.75, 3.05) is 0 Å². The Morgan fingerprint density at radius 3 is 1.89 bits per heavy atom. The van der Waals surface area contributed by atoms with Gasteiger partial charge < -0.3 is 4.57 Å². The molecule has 0 spiro atoms. The van der Waals surface area contributed by atoms with Gasteiger partial charge >= 0.3 is 0 Å². The second kappa shape index (κ2) is 8.08. The summed E-state index contributed by atoms with van der Waals surface area (Å²) >= 11 is 0. The number of benzene rings is 4. The maximum Gasteiger partial charge on any atom is 0.189 e. The molecule has 0 unspecified atom stereocenters. The van der Waals surface area contributed by atoms with Crippen LogP contribution in [0, 0.1) is 0 Å². The third-order valence-electron chi connectivity index (χ3n) is 6.75. The van der Waals surface area contributed by atoms with Gasteiger partial charge in [-0.25, -0.2) is 9.97 Å². The molecule has 7 aromatic rings. The van der Waals surface area contributed by atoms with Crippen molar-refractivity contribution >= 4 is 66.8 Å². The van der Waals surface area contributed by atoms with Gasteiger partial charge in [-0.15, -0.1) is 0 Å². The van der Waals surface area contributed by atoms with Crippen LogP contribution in [0.1, 0.15) is 0 Å². The van der Waals surface area contributed by atoms with Crippen molar-refractivity contribution in [3.8, 4) is 0 Å². The number of aromatic nitrogens is 3. The lowest BCUT2D eigenvalue weighted by molar-refractivity contribution is 0.592. The molecule has 3 heterocycles. The average Bonchev–Trinajstić information content (AvgIpc) is 2.96. The molecule has 0 aliphatic heterocycles. The Bertz CT molecular complexity index is 1930. The Labute approximate surface area is 207 Å². The van der Waals surface area contributed by atoms with Crippen LogP contribution in [0.15, 0.2) is 121 Å². The van der Waals surface area contributed by atoms with Crippen molar-refractivity contribution in [3.05, 3.63) is 121 Å². The fraction of sp³-hybridized carbons (Fsp3) is 0. The van der Waals surface area contributed by atoms with E-state index in [1.54, 1.807) is 6.20 Å². The number of pyridine rings is 3. The highest BCUT2D eigenvalue weighted by molar-refractivity contribution is 7.85. The molecule has 36 heavy (non-hydrogen) atoms. The van der Waals surface area contributed by atoms with Crippen LogP contribution in [0.5, 0.6) is 0 Å². The third kappa shape index (κ3) is 3.08. The molecule has 0 saturated carbocycles. The molecule has 0 amide bonds. The maximum absolute atomic E-state index is 15.2. The van der Waals surface area contributed by atoms with Gasteiger partial charge in [-0.05, 0) is 17.5 Å². The Morgan fingerprint density at radius 2 is 1.17 bits per heavy atom. The molecular formula is C31H20N3OP. The molecule has 4 aromatic carbocycles. The first kappa shape index (κ1) is 20.9. The number of fused-ring (bicyclic) bond motifs is 6. The van der Waals surface area contributed by atoms with Gasteiger partial charge in [0.2, 0.25) is 0 Å². The van der Waals surface area contributed by atoms with Gasteiger partial charge in [-0.3, -0.25) is 4.98 Å². The van der Waals surface area contributed by atoms with Gasteiger partial charge in [0.1, 0.15) is 5.44 Å². The zero-order valence-electron chi connectivity index (χ0n) is 19.2. The Balaban J connectivity index is 1.65. The first-order valence-corrected chi connectivity index (χ1v) is 13.5. The first-order valence-electron chi connectivity index (χ1n) is 11.8. The monoisotopic (exact) mass is 481 g/mol. The zero-order chi connectivity index (χ0) is 24.1. The summed E-state index contributed by atoms with van der Waals surface area (Å²) < 4.78 is 15.2. The summed E-state index contributed by atoms with van der Waals surface area (Å²) in [5.41, 5.74) is 2.76. The summed E-state index contributed by atoms with van der Waals surface area (Å²) in [6, 6.07) is 37.6. The lowest BCUT2D eigenvalue weighted by Crippen LogP contribution is -2.27. The molecule has 0 aliphatic carbocycles. The van der Waals surface area contributed by atoms with Crippen molar-refractivity contribution in [3.63, 3.8) is 0 Å². The fourth-order valence-electron chi connectivity index (χ4n) is 5.03. The van der Waals surface area contributed by atoms with E-state index in [0.29, 0.717) is 11.1 Å². The number of nitrogens with zero attached hydrogens (tertiary/aromatic N) is 3. The lowest BCUT2D eigenvalue weighted by Gasteiger charge is -2.21. The molecule has 3 aromatic heterocycles. The highest BCUT2D eigenvalue weighted by Crippen LogP contribution is 2.44. The van der Waals surface area contributed by atoms with E-state index < -0.39 is 7.14 Å². The second-order valence-electron chi connectivity index (χ2n) is 8.83. The van der Waals surface area contributed by atoms with Gasteiger partial charge in [0, 0.05) is 38.4 Å². The topological polar surface area (TPSA) is 55.7 Å². The predicted molar refractivity (Wildman–Crippen MR) is 149 cm³/mol. The van der Waals surface area contributed by atoms with Gasteiger partial charge in [-0.1, -0.05) is 103 Å². The SMILES string of the molecule is O=P(c1ccccc1)(c1ccccc1)c1nc2nc3c(ccc4cccnc43)cc2c2ccccc12. The van der Waals surface area contributed by atoms with Gasteiger partial charge in [-0.2, -0.15) is 0 Å². The van der Waals surface area contributed by atoms with Crippen molar-refractivity contribution in [2.24, 2.45) is 0 Å². The molecule has 5 heteroatoms. The minimum absolute atomic E-state index is 0.558. The Kier molecular flexibility index (Phi) is 4.70.